The van der Waals surface area contributed by atoms with Gasteiger partial charge in [-0.15, -0.1) is 0 Å². The van der Waals surface area contributed by atoms with Crippen molar-refractivity contribution >= 4 is 16.8 Å². The predicted octanol–water partition coefficient (Wildman–Crippen LogP) is 2.42. The maximum Gasteiger partial charge on any atom is 0.284 e. The fourth-order valence-electron chi connectivity index (χ4n) is 1.14. The van der Waals surface area contributed by atoms with E-state index in [1.165, 1.54) is 7.11 Å². The van der Waals surface area contributed by atoms with Crippen LogP contribution >= 0.6 is 11.6 Å². The summed E-state index contributed by atoms with van der Waals surface area (Å²) in [5.41, 5.74) is -0.878. The van der Waals surface area contributed by atoms with Gasteiger partial charge in [0.25, 0.3) is 11.7 Å². The largest absolute Gasteiger partial charge is 0.494 e. The Kier molecular flexibility index (Phi) is 4.00. The molecule has 0 aliphatic rings. The lowest BCUT2D eigenvalue weighted by Gasteiger charge is -2.11. The summed E-state index contributed by atoms with van der Waals surface area (Å²) in [7, 11) is 2.39. The highest BCUT2D eigenvalue weighted by atomic mass is 35.5. The third-order valence-corrected chi connectivity index (χ3v) is 2.01. The first kappa shape index (κ1) is 12.6. The second kappa shape index (κ2) is 5.07. The van der Waals surface area contributed by atoms with Crippen molar-refractivity contribution in [2.75, 3.05) is 14.2 Å². The van der Waals surface area contributed by atoms with Gasteiger partial charge >= 0.3 is 0 Å². The maximum atomic E-state index is 12.6. The van der Waals surface area contributed by atoms with E-state index in [0.29, 0.717) is 0 Å². The molecule has 0 radical (unpaired) electrons. The zero-order chi connectivity index (χ0) is 12.3. The number of pyridine rings is 1. The minimum Gasteiger partial charge on any atom is -0.494 e. The molecule has 0 amide bonds. The molecule has 16 heavy (non-hydrogen) atoms. The van der Waals surface area contributed by atoms with Crippen LogP contribution in [0.2, 0.25) is 0 Å². The van der Waals surface area contributed by atoms with Gasteiger partial charge in [0.05, 0.1) is 19.8 Å². The molecule has 7 heteroatoms. The minimum atomic E-state index is -2.89. The monoisotopic (exact) mass is 251 g/mol. The van der Waals surface area contributed by atoms with Crippen LogP contribution in [0, 0.1) is 0 Å². The van der Waals surface area contributed by atoms with Crippen LogP contribution in [-0.4, -0.2) is 24.4 Å². The van der Waals surface area contributed by atoms with E-state index in [2.05, 4.69) is 9.72 Å². The molecule has 4 nitrogen and oxygen atoms in total. The van der Waals surface area contributed by atoms with E-state index in [4.69, 9.17) is 16.3 Å². The highest BCUT2D eigenvalue weighted by Crippen LogP contribution is 2.33. The number of rotatable bonds is 4. The van der Waals surface area contributed by atoms with Gasteiger partial charge in [-0.2, -0.15) is 0 Å². The fraction of sp³-hybridized carbons (Fsp3) is 0.333. The SMILES string of the molecule is COc1cc(C(=O)Cl)c(OC)c(C(F)F)n1. The van der Waals surface area contributed by atoms with Crippen LogP contribution in [0.1, 0.15) is 22.5 Å². The topological polar surface area (TPSA) is 48.4 Å². The van der Waals surface area contributed by atoms with Gasteiger partial charge in [0.2, 0.25) is 5.88 Å². The molecule has 1 rings (SSSR count). The Morgan fingerprint density at radius 1 is 1.44 bits per heavy atom. The number of hydrogen-bond acceptors (Lipinski definition) is 4. The fourth-order valence-corrected chi connectivity index (χ4v) is 1.28. The van der Waals surface area contributed by atoms with Crippen molar-refractivity contribution in [2.24, 2.45) is 0 Å². The number of halogens is 3. The lowest BCUT2D eigenvalue weighted by Crippen LogP contribution is -2.05. The van der Waals surface area contributed by atoms with Gasteiger partial charge in [-0.05, 0) is 11.6 Å². The second-order valence-corrected chi connectivity index (χ2v) is 3.05. The van der Waals surface area contributed by atoms with Crippen molar-refractivity contribution in [3.63, 3.8) is 0 Å². The number of carbonyl (C=O) groups excluding carboxylic acids is 1. The van der Waals surface area contributed by atoms with Crippen molar-refractivity contribution in [1.82, 2.24) is 4.98 Å². The van der Waals surface area contributed by atoms with Crippen LogP contribution in [-0.2, 0) is 0 Å². The minimum absolute atomic E-state index is 0.125. The first-order chi connectivity index (χ1) is 7.51. The Hall–Kier alpha value is -1.43. The average molecular weight is 252 g/mol. The smallest absolute Gasteiger partial charge is 0.284 e. The molecular formula is C9H8ClF2NO3. The third-order valence-electron chi connectivity index (χ3n) is 1.81. The van der Waals surface area contributed by atoms with Gasteiger partial charge in [0.15, 0.2) is 11.4 Å². The number of ether oxygens (including phenoxy) is 2. The van der Waals surface area contributed by atoms with Gasteiger partial charge in [0, 0.05) is 6.07 Å². The van der Waals surface area contributed by atoms with E-state index in [9.17, 15) is 13.6 Å². The molecule has 0 spiro atoms. The molecule has 0 aromatic carbocycles. The van der Waals surface area contributed by atoms with Crippen molar-refractivity contribution in [3.8, 4) is 11.6 Å². The molecular weight excluding hydrogens is 244 g/mol. The molecule has 0 unspecified atom stereocenters. The van der Waals surface area contributed by atoms with E-state index in [1.54, 1.807) is 0 Å². The molecule has 0 N–H and O–H groups in total. The number of hydrogen-bond donors (Lipinski definition) is 0. The summed E-state index contributed by atoms with van der Waals surface area (Å²) >= 11 is 5.25. The van der Waals surface area contributed by atoms with Crippen LogP contribution in [0.5, 0.6) is 11.6 Å². The van der Waals surface area contributed by atoms with E-state index in [1.807, 2.05) is 0 Å². The molecule has 0 bridgehead atoms. The molecule has 88 valence electrons. The van der Waals surface area contributed by atoms with E-state index in [0.717, 1.165) is 13.2 Å². The number of aromatic nitrogens is 1. The molecule has 0 saturated heterocycles. The van der Waals surface area contributed by atoms with E-state index >= 15 is 0 Å². The normalized spacial score (nSPS) is 10.4. The number of methoxy groups -OCH3 is 2. The second-order valence-electron chi connectivity index (χ2n) is 2.71. The summed E-state index contributed by atoms with van der Waals surface area (Å²) in [6, 6.07) is 1.14. The van der Waals surface area contributed by atoms with Crippen LogP contribution in [0.15, 0.2) is 6.07 Å². The van der Waals surface area contributed by atoms with E-state index < -0.39 is 17.4 Å². The highest BCUT2D eigenvalue weighted by molar-refractivity contribution is 6.68. The van der Waals surface area contributed by atoms with Crippen LogP contribution in [0.3, 0.4) is 0 Å². The maximum absolute atomic E-state index is 12.6. The van der Waals surface area contributed by atoms with E-state index in [-0.39, 0.29) is 17.2 Å². The van der Waals surface area contributed by atoms with Crippen molar-refractivity contribution in [3.05, 3.63) is 17.3 Å². The van der Waals surface area contributed by atoms with Gasteiger partial charge in [-0.1, -0.05) is 0 Å². The molecule has 1 aromatic rings. The van der Waals surface area contributed by atoms with Gasteiger partial charge < -0.3 is 9.47 Å². The number of nitrogens with zero attached hydrogens (tertiary/aromatic N) is 1. The zero-order valence-corrected chi connectivity index (χ0v) is 9.22. The highest BCUT2D eigenvalue weighted by Gasteiger charge is 2.23. The average Bonchev–Trinajstić information content (AvgIpc) is 2.26. The number of carbonyl (C=O) groups is 1. The molecule has 1 aromatic heterocycles. The van der Waals surface area contributed by atoms with Gasteiger partial charge in [-0.25, -0.2) is 13.8 Å². The molecule has 0 aliphatic carbocycles. The van der Waals surface area contributed by atoms with Crippen LogP contribution < -0.4 is 9.47 Å². The molecule has 0 aliphatic heterocycles. The third kappa shape index (κ3) is 2.38. The Bertz CT molecular complexity index is 412. The summed E-state index contributed by atoms with van der Waals surface area (Å²) in [4.78, 5) is 14.5. The predicted molar refractivity (Wildman–Crippen MR) is 52.5 cm³/mol. The molecule has 1 heterocycles. The first-order valence-corrected chi connectivity index (χ1v) is 4.50. The Balaban J connectivity index is 3.46. The molecule has 0 fully saturated rings. The zero-order valence-electron chi connectivity index (χ0n) is 8.46. The van der Waals surface area contributed by atoms with Crippen molar-refractivity contribution in [2.45, 2.75) is 6.43 Å². The summed E-state index contributed by atoms with van der Waals surface area (Å²) < 4.78 is 34.6. The Labute approximate surface area is 95.1 Å². The summed E-state index contributed by atoms with van der Waals surface area (Å²) in [6.07, 6.45) is -2.89. The summed E-state index contributed by atoms with van der Waals surface area (Å²) in [5, 5.41) is -0.917. The van der Waals surface area contributed by atoms with Crippen molar-refractivity contribution in [1.29, 1.82) is 0 Å². The van der Waals surface area contributed by atoms with Gasteiger partial charge in [-0.3, -0.25) is 4.79 Å². The van der Waals surface area contributed by atoms with Gasteiger partial charge in [0.1, 0.15) is 0 Å². The first-order valence-electron chi connectivity index (χ1n) is 4.12. The van der Waals surface area contributed by atoms with Crippen LogP contribution in [0.25, 0.3) is 0 Å². The summed E-state index contributed by atoms with van der Waals surface area (Å²) in [6.45, 7) is 0. The molecule has 0 atom stereocenters. The van der Waals surface area contributed by atoms with Crippen LogP contribution in [0.4, 0.5) is 8.78 Å². The Morgan fingerprint density at radius 2 is 2.06 bits per heavy atom. The lowest BCUT2D eigenvalue weighted by atomic mass is 10.2. The standard InChI is InChI=1S/C9H8ClF2NO3/c1-15-5-3-4(8(10)14)7(16-2)6(13-5)9(11)12/h3,9H,1-2H3. The lowest BCUT2D eigenvalue weighted by molar-refractivity contribution is 0.107. The number of alkyl halides is 2. The molecule has 0 saturated carbocycles. The van der Waals surface area contributed by atoms with Crippen molar-refractivity contribution < 1.29 is 23.0 Å². The Morgan fingerprint density at radius 3 is 2.44 bits per heavy atom. The quantitative estimate of drug-likeness (QED) is 0.771. The summed E-state index contributed by atoms with van der Waals surface area (Å²) in [5.74, 6) is -0.462.